The average molecular weight is 206 g/mol. The highest BCUT2D eigenvalue weighted by Gasteiger charge is 2.05. The van der Waals surface area contributed by atoms with Crippen molar-refractivity contribution in [2.45, 2.75) is 40.3 Å². The Labute approximate surface area is 92.9 Å². The number of hydrogen-bond acceptors (Lipinski definition) is 2. The van der Waals surface area contributed by atoms with Crippen LogP contribution in [0.1, 0.15) is 29.2 Å². The maximum atomic E-state index is 5.57. The van der Waals surface area contributed by atoms with E-state index in [0.717, 1.165) is 6.54 Å². The lowest BCUT2D eigenvalue weighted by Gasteiger charge is -2.15. The van der Waals surface area contributed by atoms with E-state index >= 15 is 0 Å². The van der Waals surface area contributed by atoms with Crippen LogP contribution in [0.25, 0.3) is 0 Å². The van der Waals surface area contributed by atoms with Gasteiger partial charge in [-0.25, -0.2) is 0 Å². The first-order valence-electron chi connectivity index (χ1n) is 5.54. The lowest BCUT2D eigenvalue weighted by molar-refractivity contribution is 0.554. The second-order valence-corrected chi connectivity index (χ2v) is 4.39. The largest absolute Gasteiger partial charge is 0.329 e. The van der Waals surface area contributed by atoms with E-state index in [1.807, 2.05) is 0 Å². The molecule has 0 radical (unpaired) electrons. The van der Waals surface area contributed by atoms with Gasteiger partial charge in [-0.05, 0) is 44.4 Å². The number of nitrogens with one attached hydrogen (secondary N) is 1. The molecule has 0 saturated heterocycles. The molecule has 3 N–H and O–H groups in total. The fourth-order valence-electron chi connectivity index (χ4n) is 1.85. The Morgan fingerprint density at radius 1 is 1.20 bits per heavy atom. The molecule has 1 atom stereocenters. The quantitative estimate of drug-likeness (QED) is 0.791. The van der Waals surface area contributed by atoms with E-state index in [-0.39, 0.29) is 0 Å². The molecule has 0 aliphatic heterocycles. The summed E-state index contributed by atoms with van der Waals surface area (Å²) in [5.74, 6) is 0. The van der Waals surface area contributed by atoms with Crippen molar-refractivity contribution in [1.29, 1.82) is 0 Å². The molecule has 0 fully saturated rings. The third kappa shape index (κ3) is 3.33. The predicted octanol–water partition coefficient (Wildman–Crippen LogP) is 2.05. The highest BCUT2D eigenvalue weighted by Crippen LogP contribution is 2.16. The summed E-state index contributed by atoms with van der Waals surface area (Å²) < 4.78 is 0. The molecule has 0 heterocycles. The van der Waals surface area contributed by atoms with Gasteiger partial charge in [0.2, 0.25) is 0 Å². The van der Waals surface area contributed by atoms with Crippen LogP contribution in [0.3, 0.4) is 0 Å². The average Bonchev–Trinajstić information content (AvgIpc) is 2.15. The molecule has 2 nitrogen and oxygen atoms in total. The SMILES string of the molecule is Cc1cc(C)c(CN[C@H](C)CN)c(C)c1. The van der Waals surface area contributed by atoms with Crippen molar-refractivity contribution >= 4 is 0 Å². The van der Waals surface area contributed by atoms with E-state index in [9.17, 15) is 0 Å². The first kappa shape index (κ1) is 12.2. The zero-order valence-electron chi connectivity index (χ0n) is 10.2. The van der Waals surface area contributed by atoms with Crippen LogP contribution in [0.5, 0.6) is 0 Å². The fraction of sp³-hybridized carbons (Fsp3) is 0.538. The smallest absolute Gasteiger partial charge is 0.0213 e. The highest BCUT2D eigenvalue weighted by atomic mass is 14.9. The first-order chi connectivity index (χ1) is 7.04. The van der Waals surface area contributed by atoms with Gasteiger partial charge >= 0.3 is 0 Å². The van der Waals surface area contributed by atoms with Crippen molar-refractivity contribution in [3.8, 4) is 0 Å². The minimum absolute atomic E-state index is 0.380. The van der Waals surface area contributed by atoms with Gasteiger partial charge in [-0.3, -0.25) is 0 Å². The van der Waals surface area contributed by atoms with E-state index in [0.29, 0.717) is 12.6 Å². The first-order valence-corrected chi connectivity index (χ1v) is 5.54. The lowest BCUT2D eigenvalue weighted by Crippen LogP contribution is -2.33. The van der Waals surface area contributed by atoms with Gasteiger partial charge in [0.25, 0.3) is 0 Å². The van der Waals surface area contributed by atoms with Crippen LogP contribution in [-0.4, -0.2) is 12.6 Å². The number of benzene rings is 1. The Morgan fingerprint density at radius 3 is 2.20 bits per heavy atom. The Morgan fingerprint density at radius 2 is 1.73 bits per heavy atom. The number of nitrogens with two attached hydrogens (primary N) is 1. The standard InChI is InChI=1S/C13H22N2/c1-9-5-10(2)13(11(3)6-9)8-15-12(4)7-14/h5-6,12,15H,7-8,14H2,1-4H3/t12-/m1/s1. The van der Waals surface area contributed by atoms with Crippen LogP contribution >= 0.6 is 0 Å². The Balaban J connectivity index is 2.77. The van der Waals surface area contributed by atoms with Crippen LogP contribution in [0, 0.1) is 20.8 Å². The molecule has 15 heavy (non-hydrogen) atoms. The summed E-state index contributed by atoms with van der Waals surface area (Å²) in [6.07, 6.45) is 0. The monoisotopic (exact) mass is 206 g/mol. The zero-order valence-corrected chi connectivity index (χ0v) is 10.2. The van der Waals surface area contributed by atoms with Crippen molar-refractivity contribution in [2.24, 2.45) is 5.73 Å². The van der Waals surface area contributed by atoms with E-state index in [1.165, 1.54) is 22.3 Å². The van der Waals surface area contributed by atoms with Crippen LogP contribution < -0.4 is 11.1 Å². The van der Waals surface area contributed by atoms with Crippen molar-refractivity contribution in [3.63, 3.8) is 0 Å². The molecule has 0 aromatic heterocycles. The van der Waals surface area contributed by atoms with Gasteiger partial charge in [-0.1, -0.05) is 17.7 Å². The van der Waals surface area contributed by atoms with Crippen molar-refractivity contribution in [1.82, 2.24) is 5.32 Å². The molecule has 0 amide bonds. The number of aryl methyl sites for hydroxylation is 3. The van der Waals surface area contributed by atoms with Gasteiger partial charge in [-0.15, -0.1) is 0 Å². The molecular formula is C13H22N2. The van der Waals surface area contributed by atoms with E-state index in [4.69, 9.17) is 5.73 Å². The summed E-state index contributed by atoms with van der Waals surface area (Å²) in [7, 11) is 0. The molecule has 0 aliphatic carbocycles. The maximum Gasteiger partial charge on any atom is 0.0213 e. The second-order valence-electron chi connectivity index (χ2n) is 4.39. The van der Waals surface area contributed by atoms with Gasteiger partial charge in [0, 0.05) is 19.1 Å². The van der Waals surface area contributed by atoms with E-state index in [1.54, 1.807) is 0 Å². The summed E-state index contributed by atoms with van der Waals surface area (Å²) in [4.78, 5) is 0. The predicted molar refractivity (Wildman–Crippen MR) is 66.0 cm³/mol. The van der Waals surface area contributed by atoms with Crippen LogP contribution in [0.15, 0.2) is 12.1 Å². The number of hydrogen-bond donors (Lipinski definition) is 2. The molecule has 2 heteroatoms. The third-order valence-electron chi connectivity index (χ3n) is 2.82. The van der Waals surface area contributed by atoms with Gasteiger partial charge in [0.1, 0.15) is 0 Å². The molecule has 1 aromatic rings. The van der Waals surface area contributed by atoms with Crippen molar-refractivity contribution in [2.75, 3.05) is 6.54 Å². The third-order valence-corrected chi connectivity index (χ3v) is 2.82. The fourth-order valence-corrected chi connectivity index (χ4v) is 1.85. The van der Waals surface area contributed by atoms with Crippen molar-refractivity contribution < 1.29 is 0 Å². The minimum atomic E-state index is 0.380. The molecule has 0 aliphatic rings. The molecule has 1 aromatic carbocycles. The van der Waals surface area contributed by atoms with Gasteiger partial charge in [0.15, 0.2) is 0 Å². The summed E-state index contributed by atoms with van der Waals surface area (Å²) >= 11 is 0. The Kier molecular flexibility index (Phi) is 4.30. The molecule has 1 rings (SSSR count). The van der Waals surface area contributed by atoms with Gasteiger partial charge in [-0.2, -0.15) is 0 Å². The van der Waals surface area contributed by atoms with Crippen LogP contribution in [0.4, 0.5) is 0 Å². The lowest BCUT2D eigenvalue weighted by atomic mass is 10.00. The second kappa shape index (κ2) is 5.29. The minimum Gasteiger partial charge on any atom is -0.329 e. The molecule has 0 saturated carbocycles. The normalized spacial score (nSPS) is 12.9. The molecule has 0 spiro atoms. The Bertz CT molecular complexity index is 308. The highest BCUT2D eigenvalue weighted by molar-refractivity contribution is 5.37. The van der Waals surface area contributed by atoms with E-state index < -0.39 is 0 Å². The van der Waals surface area contributed by atoms with Crippen LogP contribution in [-0.2, 0) is 6.54 Å². The molecule has 0 unspecified atom stereocenters. The molecule has 0 bridgehead atoms. The number of rotatable bonds is 4. The Hall–Kier alpha value is -0.860. The summed E-state index contributed by atoms with van der Waals surface area (Å²) in [6.45, 7) is 10.2. The molecular weight excluding hydrogens is 184 g/mol. The topological polar surface area (TPSA) is 38.0 Å². The van der Waals surface area contributed by atoms with Crippen LogP contribution in [0.2, 0.25) is 0 Å². The summed E-state index contributed by atoms with van der Waals surface area (Å²) in [5.41, 5.74) is 11.0. The van der Waals surface area contributed by atoms with Crippen molar-refractivity contribution in [3.05, 3.63) is 34.4 Å². The molecule has 84 valence electrons. The van der Waals surface area contributed by atoms with E-state index in [2.05, 4.69) is 45.1 Å². The van der Waals surface area contributed by atoms with Gasteiger partial charge < -0.3 is 11.1 Å². The summed E-state index contributed by atoms with van der Waals surface area (Å²) in [6, 6.07) is 4.85. The van der Waals surface area contributed by atoms with Gasteiger partial charge in [0.05, 0.1) is 0 Å². The zero-order chi connectivity index (χ0) is 11.4. The maximum absolute atomic E-state index is 5.57. The summed E-state index contributed by atoms with van der Waals surface area (Å²) in [5, 5.41) is 3.42.